The summed E-state index contributed by atoms with van der Waals surface area (Å²) < 4.78 is 0. The van der Waals surface area contributed by atoms with E-state index in [9.17, 15) is 0 Å². The van der Waals surface area contributed by atoms with Gasteiger partial charge in [0.25, 0.3) is 0 Å². The van der Waals surface area contributed by atoms with E-state index in [4.69, 9.17) is 0 Å². The largest absolute Gasteiger partial charge is 0.362 e. The quantitative estimate of drug-likeness (QED) is 0.264. The molecule has 0 aliphatic heterocycles. The molecule has 0 unspecified atom stereocenters. The first-order chi connectivity index (χ1) is 18.1. The van der Waals surface area contributed by atoms with Gasteiger partial charge in [-0.2, -0.15) is 0 Å². The summed E-state index contributed by atoms with van der Waals surface area (Å²) in [6.07, 6.45) is 11.4. The van der Waals surface area contributed by atoms with Crippen LogP contribution >= 0.6 is 0 Å². The SMILES string of the molecule is Cc1nc(NCc2nccnc2C)c2[nH]cnc2n1.Cc1nccnc1CNc1ncnc2nc[nH]c12. The first kappa shape index (κ1) is 23.6. The molecular weight excluding hydrogens is 472 g/mol. The minimum absolute atomic E-state index is 0.560. The minimum Gasteiger partial charge on any atom is -0.362 e. The van der Waals surface area contributed by atoms with Crippen LogP contribution in [0.5, 0.6) is 0 Å². The fourth-order valence-electron chi connectivity index (χ4n) is 3.52. The maximum atomic E-state index is 4.38. The van der Waals surface area contributed by atoms with E-state index in [1.807, 2.05) is 20.8 Å². The highest BCUT2D eigenvalue weighted by Gasteiger charge is 2.09. The van der Waals surface area contributed by atoms with Crippen molar-refractivity contribution in [2.75, 3.05) is 10.6 Å². The highest BCUT2D eigenvalue weighted by atomic mass is 15.1. The maximum absolute atomic E-state index is 4.38. The number of H-pyrrole nitrogens is 2. The molecule has 37 heavy (non-hydrogen) atoms. The monoisotopic (exact) mass is 496 g/mol. The summed E-state index contributed by atoms with van der Waals surface area (Å²) in [5.41, 5.74) is 6.48. The molecule has 0 amide bonds. The number of hydrogen-bond acceptors (Lipinski definition) is 12. The first-order valence-corrected chi connectivity index (χ1v) is 11.4. The van der Waals surface area contributed by atoms with E-state index in [0.29, 0.717) is 36.0 Å². The molecule has 186 valence electrons. The van der Waals surface area contributed by atoms with Crippen LogP contribution < -0.4 is 10.6 Å². The molecule has 0 aromatic carbocycles. The Morgan fingerprint density at radius 2 is 1.16 bits per heavy atom. The number of imidazole rings is 2. The molecule has 6 aromatic heterocycles. The van der Waals surface area contributed by atoms with E-state index in [1.54, 1.807) is 37.4 Å². The van der Waals surface area contributed by atoms with Crippen molar-refractivity contribution < 1.29 is 0 Å². The molecule has 0 atom stereocenters. The van der Waals surface area contributed by atoms with Crippen LogP contribution in [0.3, 0.4) is 0 Å². The molecular formula is C23H24N14. The summed E-state index contributed by atoms with van der Waals surface area (Å²) in [5, 5.41) is 6.45. The van der Waals surface area contributed by atoms with Crippen molar-refractivity contribution in [2.45, 2.75) is 33.9 Å². The molecule has 0 saturated heterocycles. The fraction of sp³-hybridized carbons (Fsp3) is 0.217. The molecule has 6 aromatic rings. The summed E-state index contributed by atoms with van der Waals surface area (Å²) in [6, 6.07) is 0. The molecule has 0 aliphatic rings. The Kier molecular flexibility index (Phi) is 6.78. The van der Waals surface area contributed by atoms with Crippen molar-refractivity contribution in [1.82, 2.24) is 59.8 Å². The molecule has 0 spiro atoms. The lowest BCUT2D eigenvalue weighted by Gasteiger charge is -2.07. The van der Waals surface area contributed by atoms with Crippen LogP contribution in [0.1, 0.15) is 28.6 Å². The molecule has 14 heteroatoms. The number of anilines is 2. The summed E-state index contributed by atoms with van der Waals surface area (Å²) in [4.78, 5) is 48.1. The van der Waals surface area contributed by atoms with Crippen molar-refractivity contribution in [3.05, 3.63) is 72.4 Å². The minimum atomic E-state index is 0.560. The van der Waals surface area contributed by atoms with Gasteiger partial charge in [-0.1, -0.05) is 0 Å². The van der Waals surface area contributed by atoms with Crippen molar-refractivity contribution in [3.63, 3.8) is 0 Å². The molecule has 4 N–H and O–H groups in total. The Bertz CT molecular complexity index is 1640. The lowest BCUT2D eigenvalue weighted by Crippen LogP contribution is -2.07. The van der Waals surface area contributed by atoms with Crippen LogP contribution in [0.15, 0.2) is 43.8 Å². The third-order valence-corrected chi connectivity index (χ3v) is 5.43. The molecule has 0 fully saturated rings. The van der Waals surface area contributed by atoms with Gasteiger partial charge in [-0.3, -0.25) is 19.9 Å². The maximum Gasteiger partial charge on any atom is 0.183 e. The average molecular weight is 497 g/mol. The van der Waals surface area contributed by atoms with Crippen LogP contribution in [0.4, 0.5) is 11.6 Å². The molecule has 0 saturated carbocycles. The second-order valence-corrected chi connectivity index (χ2v) is 7.93. The Hall–Kier alpha value is -5.14. The summed E-state index contributed by atoms with van der Waals surface area (Å²) in [6.45, 7) is 6.82. The van der Waals surface area contributed by atoms with Crippen LogP contribution in [0.2, 0.25) is 0 Å². The van der Waals surface area contributed by atoms with Gasteiger partial charge in [0.1, 0.15) is 23.2 Å². The van der Waals surface area contributed by atoms with E-state index >= 15 is 0 Å². The van der Waals surface area contributed by atoms with E-state index in [0.717, 1.165) is 39.6 Å². The Labute approximate surface area is 211 Å². The zero-order chi connectivity index (χ0) is 25.6. The van der Waals surface area contributed by atoms with Crippen LogP contribution in [-0.2, 0) is 13.1 Å². The summed E-state index contributed by atoms with van der Waals surface area (Å²) in [5.74, 6) is 2.12. The third kappa shape index (κ3) is 5.42. The fourth-order valence-corrected chi connectivity index (χ4v) is 3.52. The van der Waals surface area contributed by atoms with Gasteiger partial charge in [-0.15, -0.1) is 0 Å². The van der Waals surface area contributed by atoms with E-state index in [-0.39, 0.29) is 0 Å². The normalized spacial score (nSPS) is 10.8. The molecule has 6 rings (SSSR count). The highest BCUT2D eigenvalue weighted by Crippen LogP contribution is 2.17. The lowest BCUT2D eigenvalue weighted by molar-refractivity contribution is 0.952. The number of fused-ring (bicyclic) bond motifs is 2. The number of aromatic amines is 2. The van der Waals surface area contributed by atoms with Crippen molar-refractivity contribution >= 4 is 34.0 Å². The average Bonchev–Trinajstić information content (AvgIpc) is 3.58. The third-order valence-electron chi connectivity index (χ3n) is 5.43. The topological polar surface area (TPSA) is 185 Å². The van der Waals surface area contributed by atoms with Crippen molar-refractivity contribution in [2.24, 2.45) is 0 Å². The first-order valence-electron chi connectivity index (χ1n) is 11.4. The molecule has 0 bridgehead atoms. The smallest absolute Gasteiger partial charge is 0.183 e. The molecule has 6 heterocycles. The molecule has 14 nitrogen and oxygen atoms in total. The van der Waals surface area contributed by atoms with Gasteiger partial charge in [-0.25, -0.2) is 29.9 Å². The standard InChI is InChI=1S/C12H13N7.C11H11N7/c1-7-9(14-4-3-13-7)5-15-11-10-12(17-6-16-10)19-8(2)18-11;1-7-8(13-3-2-12-7)4-14-10-9-11(16-5-15-9)18-6-17-10/h3-4,6H,5H2,1-2H3,(H2,15,16,17,18,19);2-3,5-6H,4H2,1H3,(H2,14,15,16,17,18). The van der Waals surface area contributed by atoms with E-state index < -0.39 is 0 Å². The molecule has 0 radical (unpaired) electrons. The van der Waals surface area contributed by atoms with Gasteiger partial charge in [0.15, 0.2) is 22.9 Å². The second-order valence-electron chi connectivity index (χ2n) is 7.93. The number of nitrogens with zero attached hydrogens (tertiary/aromatic N) is 10. The van der Waals surface area contributed by atoms with Gasteiger partial charge >= 0.3 is 0 Å². The summed E-state index contributed by atoms with van der Waals surface area (Å²) >= 11 is 0. The van der Waals surface area contributed by atoms with Crippen LogP contribution in [-0.4, -0.2) is 59.8 Å². The van der Waals surface area contributed by atoms with Crippen LogP contribution in [0.25, 0.3) is 22.3 Å². The predicted octanol–water partition coefficient (Wildman–Crippen LogP) is 2.44. The number of hydrogen-bond donors (Lipinski definition) is 4. The Morgan fingerprint density at radius 1 is 0.595 bits per heavy atom. The Balaban J connectivity index is 0.000000152. The number of nitrogens with one attached hydrogen (secondary N) is 4. The zero-order valence-corrected chi connectivity index (χ0v) is 20.4. The lowest BCUT2D eigenvalue weighted by atomic mass is 10.3. The second kappa shape index (κ2) is 10.6. The summed E-state index contributed by atoms with van der Waals surface area (Å²) in [7, 11) is 0. The van der Waals surface area contributed by atoms with E-state index in [2.05, 4.69) is 70.4 Å². The predicted molar refractivity (Wildman–Crippen MR) is 136 cm³/mol. The van der Waals surface area contributed by atoms with Crippen LogP contribution in [0, 0.1) is 20.8 Å². The van der Waals surface area contributed by atoms with Gasteiger partial charge in [0.05, 0.1) is 48.5 Å². The number of rotatable bonds is 6. The van der Waals surface area contributed by atoms with Crippen molar-refractivity contribution in [3.8, 4) is 0 Å². The van der Waals surface area contributed by atoms with Crippen molar-refractivity contribution in [1.29, 1.82) is 0 Å². The number of aromatic nitrogens is 12. The molecule has 0 aliphatic carbocycles. The zero-order valence-electron chi connectivity index (χ0n) is 20.4. The van der Waals surface area contributed by atoms with Gasteiger partial charge in [0, 0.05) is 24.8 Å². The highest BCUT2D eigenvalue weighted by molar-refractivity contribution is 5.82. The Morgan fingerprint density at radius 3 is 1.81 bits per heavy atom. The van der Waals surface area contributed by atoms with Gasteiger partial charge in [0.2, 0.25) is 0 Å². The number of aryl methyl sites for hydroxylation is 3. The van der Waals surface area contributed by atoms with E-state index in [1.165, 1.54) is 6.33 Å². The van der Waals surface area contributed by atoms with Gasteiger partial charge in [-0.05, 0) is 20.8 Å². The van der Waals surface area contributed by atoms with Gasteiger partial charge < -0.3 is 20.6 Å².